The quantitative estimate of drug-likeness (QED) is 0.265. The van der Waals surface area contributed by atoms with Gasteiger partial charge in [0.1, 0.15) is 5.75 Å². The molecule has 1 aliphatic heterocycles. The number of para-hydroxylation sites is 1. The molecule has 1 aliphatic carbocycles. The Bertz CT molecular complexity index is 1200. The summed E-state index contributed by atoms with van der Waals surface area (Å²) >= 11 is 0. The summed E-state index contributed by atoms with van der Waals surface area (Å²) in [4.78, 5) is 28.3. The lowest BCUT2D eigenvalue weighted by molar-refractivity contribution is -0.123. The van der Waals surface area contributed by atoms with Crippen LogP contribution >= 0.6 is 0 Å². The van der Waals surface area contributed by atoms with Gasteiger partial charge in [0.2, 0.25) is 11.8 Å². The summed E-state index contributed by atoms with van der Waals surface area (Å²) in [5, 5.41) is 31.9. The van der Waals surface area contributed by atoms with E-state index in [9.17, 15) is 24.9 Å². The van der Waals surface area contributed by atoms with Crippen molar-refractivity contribution in [3.8, 4) is 5.75 Å². The van der Waals surface area contributed by atoms with Crippen LogP contribution in [0.1, 0.15) is 64.4 Å². The number of phenols is 1. The van der Waals surface area contributed by atoms with Crippen LogP contribution in [0.5, 0.6) is 5.75 Å². The van der Waals surface area contributed by atoms with Crippen molar-refractivity contribution in [2.45, 2.75) is 64.9 Å². The van der Waals surface area contributed by atoms with Gasteiger partial charge in [-0.05, 0) is 67.5 Å². The molecule has 6 heteroatoms. The largest absolute Gasteiger partial charge is 0.508 e. The number of hydrogen-bond donors (Lipinski definition) is 3. The maximum absolute atomic E-state index is 13.6. The Morgan fingerprint density at radius 3 is 2.45 bits per heavy atom. The molecule has 0 saturated carbocycles. The number of anilines is 1. The van der Waals surface area contributed by atoms with Crippen molar-refractivity contribution in [1.29, 1.82) is 0 Å². The molecular weight excluding hydrogens is 478 g/mol. The van der Waals surface area contributed by atoms with Crippen LogP contribution in [0, 0.1) is 17.8 Å². The van der Waals surface area contributed by atoms with E-state index in [1.165, 1.54) is 10.5 Å². The molecule has 4 atom stereocenters. The summed E-state index contributed by atoms with van der Waals surface area (Å²) in [5.41, 5.74) is 4.39. The van der Waals surface area contributed by atoms with E-state index in [1.54, 1.807) is 36.4 Å². The fourth-order valence-electron chi connectivity index (χ4n) is 6.25. The highest BCUT2D eigenvalue weighted by atomic mass is 16.3. The van der Waals surface area contributed by atoms with Gasteiger partial charge >= 0.3 is 0 Å². The van der Waals surface area contributed by atoms with Crippen LogP contribution in [0.2, 0.25) is 0 Å². The third-order valence-electron chi connectivity index (χ3n) is 7.86. The van der Waals surface area contributed by atoms with Gasteiger partial charge in [-0.1, -0.05) is 74.2 Å². The highest BCUT2D eigenvalue weighted by Gasteiger charge is 2.55. The number of aromatic hydroxyl groups is 1. The molecule has 3 N–H and O–H groups in total. The van der Waals surface area contributed by atoms with Crippen molar-refractivity contribution in [3.63, 3.8) is 0 Å². The number of carbonyl (C=O) groups excluding carboxylic acids is 2. The Hall–Kier alpha value is -3.22. The lowest BCUT2D eigenvalue weighted by atomic mass is 9.67. The molecule has 2 aliphatic rings. The van der Waals surface area contributed by atoms with Crippen LogP contribution in [0.4, 0.5) is 5.69 Å². The molecule has 0 bridgehead atoms. The van der Waals surface area contributed by atoms with E-state index < -0.39 is 23.9 Å². The molecule has 1 heterocycles. The second kappa shape index (κ2) is 12.5. The average Bonchev–Trinajstić information content (AvgIpc) is 3.16. The zero-order valence-electron chi connectivity index (χ0n) is 22.3. The topological polar surface area (TPSA) is 98.1 Å². The Morgan fingerprint density at radius 2 is 1.79 bits per heavy atom. The van der Waals surface area contributed by atoms with E-state index >= 15 is 0 Å². The number of allylic oxidation sites excluding steroid dienone is 2. The van der Waals surface area contributed by atoms with Gasteiger partial charge in [-0.15, -0.1) is 0 Å². The number of carbonyl (C=O) groups is 2. The van der Waals surface area contributed by atoms with Gasteiger partial charge < -0.3 is 15.3 Å². The monoisotopic (exact) mass is 517 g/mol. The van der Waals surface area contributed by atoms with E-state index in [0.29, 0.717) is 24.9 Å². The highest BCUT2D eigenvalue weighted by Crippen LogP contribution is 2.48. The predicted octanol–water partition coefficient (Wildman–Crippen LogP) is 5.63. The number of hydrogen-bond acceptors (Lipinski definition) is 5. The standard InChI is InChI=1S/C32H39NO5/c1-3-9-21(17-22-11-8-14-25(35)18-22)15-16-28(36)29-23(10-4-2)19-26-30(27(29)20-34)32(38)33(31(26)37)24-12-6-5-7-13-24/h5-8,11-14,17-18,26-28,30,34-36H,3-4,9-10,15-16,19-20H2,1-2H3/b21-17+/t26-,27+,28-,30-/m1/s1. The van der Waals surface area contributed by atoms with Crippen molar-refractivity contribution < 1.29 is 24.9 Å². The Morgan fingerprint density at radius 1 is 1.03 bits per heavy atom. The number of phenolic OH excluding ortho intramolecular Hbond substituents is 1. The molecule has 38 heavy (non-hydrogen) atoms. The second-order valence-corrected chi connectivity index (χ2v) is 10.5. The lowest BCUT2D eigenvalue weighted by Crippen LogP contribution is -2.39. The molecule has 0 spiro atoms. The zero-order valence-corrected chi connectivity index (χ0v) is 22.3. The molecule has 2 amide bonds. The van der Waals surface area contributed by atoms with Crippen molar-refractivity contribution in [2.24, 2.45) is 17.8 Å². The summed E-state index contributed by atoms with van der Waals surface area (Å²) in [5.74, 6) is -2.06. The summed E-state index contributed by atoms with van der Waals surface area (Å²) in [6.45, 7) is 3.88. The van der Waals surface area contributed by atoms with Crippen molar-refractivity contribution in [3.05, 3.63) is 76.9 Å². The molecule has 1 saturated heterocycles. The van der Waals surface area contributed by atoms with Crippen LogP contribution < -0.4 is 4.90 Å². The molecule has 202 valence electrons. The smallest absolute Gasteiger partial charge is 0.238 e. The van der Waals surface area contributed by atoms with Crippen molar-refractivity contribution >= 4 is 23.6 Å². The summed E-state index contributed by atoms with van der Waals surface area (Å²) < 4.78 is 0. The van der Waals surface area contributed by atoms with Gasteiger partial charge in [0.25, 0.3) is 0 Å². The number of nitrogens with zero attached hydrogens (tertiary/aromatic N) is 1. The Kier molecular flexibility index (Phi) is 9.18. The van der Waals surface area contributed by atoms with Gasteiger partial charge in [-0.25, -0.2) is 0 Å². The van der Waals surface area contributed by atoms with Crippen LogP contribution in [-0.2, 0) is 9.59 Å². The SMILES string of the molecule is CCCC1=C([C@H](O)CC/C(=C/c2cccc(O)c2)CCC)[C@H](CO)[C@@H]2C(=O)N(c3ccccc3)C(=O)[C@@H]2C1. The normalized spacial score (nSPS) is 22.7. The highest BCUT2D eigenvalue weighted by molar-refractivity contribution is 6.22. The molecular formula is C32H39NO5. The first-order valence-corrected chi connectivity index (χ1v) is 13.8. The van der Waals surface area contributed by atoms with E-state index in [2.05, 4.69) is 19.9 Å². The molecule has 6 nitrogen and oxygen atoms in total. The first-order chi connectivity index (χ1) is 18.4. The Labute approximate surface area is 225 Å². The average molecular weight is 518 g/mol. The molecule has 0 aromatic heterocycles. The molecule has 1 fully saturated rings. The maximum Gasteiger partial charge on any atom is 0.238 e. The number of aliphatic hydroxyl groups is 2. The zero-order chi connectivity index (χ0) is 27.2. The minimum absolute atomic E-state index is 0.215. The van der Waals surface area contributed by atoms with Crippen LogP contribution in [0.3, 0.4) is 0 Å². The molecule has 4 rings (SSSR count). The molecule has 0 radical (unpaired) electrons. The first-order valence-electron chi connectivity index (χ1n) is 13.8. The number of rotatable bonds is 11. The summed E-state index contributed by atoms with van der Waals surface area (Å²) in [6.07, 6.45) is 6.21. The number of fused-ring (bicyclic) bond motifs is 1. The minimum Gasteiger partial charge on any atom is -0.508 e. The molecule has 2 aromatic carbocycles. The van der Waals surface area contributed by atoms with Gasteiger partial charge in [0, 0.05) is 5.92 Å². The van der Waals surface area contributed by atoms with Crippen LogP contribution in [-0.4, -0.2) is 39.8 Å². The van der Waals surface area contributed by atoms with E-state index in [0.717, 1.165) is 42.4 Å². The molecule has 2 aromatic rings. The number of aliphatic hydroxyl groups excluding tert-OH is 2. The number of amides is 2. The predicted molar refractivity (Wildman–Crippen MR) is 149 cm³/mol. The third kappa shape index (κ3) is 5.77. The second-order valence-electron chi connectivity index (χ2n) is 10.5. The fraction of sp³-hybridized carbons (Fsp3) is 0.438. The Balaban J connectivity index is 1.60. The summed E-state index contributed by atoms with van der Waals surface area (Å²) in [7, 11) is 0. The maximum atomic E-state index is 13.6. The first kappa shape index (κ1) is 27.8. The van der Waals surface area contributed by atoms with Gasteiger partial charge in [-0.2, -0.15) is 0 Å². The number of imide groups is 1. The minimum atomic E-state index is -0.812. The summed E-state index contributed by atoms with van der Waals surface area (Å²) in [6, 6.07) is 16.1. The van der Waals surface area contributed by atoms with Gasteiger partial charge in [0.05, 0.1) is 30.2 Å². The lowest BCUT2D eigenvalue weighted by Gasteiger charge is -2.36. The van der Waals surface area contributed by atoms with Crippen LogP contribution in [0.15, 0.2) is 71.3 Å². The van der Waals surface area contributed by atoms with E-state index in [4.69, 9.17) is 0 Å². The third-order valence-corrected chi connectivity index (χ3v) is 7.86. The fourth-order valence-corrected chi connectivity index (χ4v) is 6.25. The van der Waals surface area contributed by atoms with Crippen molar-refractivity contribution in [1.82, 2.24) is 0 Å². The number of benzene rings is 2. The van der Waals surface area contributed by atoms with E-state index in [-0.39, 0.29) is 24.2 Å². The van der Waals surface area contributed by atoms with E-state index in [1.807, 2.05) is 18.2 Å². The van der Waals surface area contributed by atoms with Crippen molar-refractivity contribution in [2.75, 3.05) is 11.5 Å². The van der Waals surface area contributed by atoms with Crippen LogP contribution in [0.25, 0.3) is 6.08 Å². The van der Waals surface area contributed by atoms with Gasteiger partial charge in [0.15, 0.2) is 0 Å². The molecule has 0 unspecified atom stereocenters. The van der Waals surface area contributed by atoms with Gasteiger partial charge in [-0.3, -0.25) is 14.5 Å².